The lowest BCUT2D eigenvalue weighted by Gasteiger charge is -2.55. The average Bonchev–Trinajstić information content (AvgIpc) is 2.77. The van der Waals surface area contributed by atoms with Gasteiger partial charge in [0, 0.05) is 25.1 Å². The van der Waals surface area contributed by atoms with Gasteiger partial charge in [0.15, 0.2) is 10.6 Å². The molecule has 132 valence electrons. The molecular weight excluding hydrogens is 312 g/mol. The van der Waals surface area contributed by atoms with Crippen molar-refractivity contribution in [3.05, 3.63) is 10.6 Å². The van der Waals surface area contributed by atoms with Crippen molar-refractivity contribution in [3.8, 4) is 0 Å². The van der Waals surface area contributed by atoms with E-state index in [4.69, 9.17) is 17.0 Å². The summed E-state index contributed by atoms with van der Waals surface area (Å²) in [6, 6.07) is 0.440. The molecule has 23 heavy (non-hydrogen) atoms. The Balaban J connectivity index is 1.97. The normalized spacial score (nSPS) is 23.3. The fraction of sp³-hybridized carbons (Fsp3) is 0.875. The van der Waals surface area contributed by atoms with E-state index in [1.165, 1.54) is 6.42 Å². The molecule has 1 heterocycles. The Morgan fingerprint density at radius 1 is 1.48 bits per heavy atom. The number of aliphatic hydroxyl groups is 1. The minimum atomic E-state index is -0.0981. The Labute approximate surface area is 144 Å². The first-order chi connectivity index (χ1) is 10.8. The van der Waals surface area contributed by atoms with Crippen LogP contribution >= 0.6 is 12.2 Å². The van der Waals surface area contributed by atoms with E-state index in [9.17, 15) is 5.11 Å². The van der Waals surface area contributed by atoms with E-state index in [0.29, 0.717) is 29.4 Å². The number of nitrogens with zero attached hydrogens (tertiary/aromatic N) is 4. The van der Waals surface area contributed by atoms with Gasteiger partial charge in [-0.2, -0.15) is 5.10 Å². The third-order valence-corrected chi connectivity index (χ3v) is 5.59. The number of rotatable bonds is 8. The third kappa shape index (κ3) is 3.68. The lowest BCUT2D eigenvalue weighted by molar-refractivity contribution is -0.153. The Morgan fingerprint density at radius 3 is 2.70 bits per heavy atom. The molecule has 2 atom stereocenters. The monoisotopic (exact) mass is 342 g/mol. The van der Waals surface area contributed by atoms with Crippen LogP contribution in [-0.2, 0) is 25.1 Å². The fourth-order valence-corrected chi connectivity index (χ4v) is 3.54. The molecule has 1 aromatic rings. The van der Waals surface area contributed by atoms with Gasteiger partial charge in [0.2, 0.25) is 0 Å². The summed E-state index contributed by atoms with van der Waals surface area (Å²) in [5.74, 6) is 0.594. The number of unbranched alkanes of at least 4 members (excludes halogenated alkanes) is 1. The topological polar surface area (TPSA) is 55.4 Å². The summed E-state index contributed by atoms with van der Waals surface area (Å²) >= 11 is 5.39. The van der Waals surface area contributed by atoms with Gasteiger partial charge in [-0.1, -0.05) is 27.2 Å². The second-order valence-corrected chi connectivity index (χ2v) is 7.46. The molecule has 0 aliphatic heterocycles. The van der Waals surface area contributed by atoms with Gasteiger partial charge in [0.1, 0.15) is 6.61 Å². The van der Waals surface area contributed by atoms with Gasteiger partial charge in [-0.25, -0.2) is 4.68 Å². The van der Waals surface area contributed by atoms with Gasteiger partial charge in [-0.3, -0.25) is 4.90 Å². The SMILES string of the molecule is CCCCOC1CC(N(C)Cn2nc(CO)n(C)c2=S)C1(C)C. The molecule has 0 spiro atoms. The highest BCUT2D eigenvalue weighted by Gasteiger charge is 2.50. The van der Waals surface area contributed by atoms with E-state index in [-0.39, 0.29) is 12.0 Å². The van der Waals surface area contributed by atoms with Crippen LogP contribution in [0.4, 0.5) is 0 Å². The summed E-state index contributed by atoms with van der Waals surface area (Å²) in [6.07, 6.45) is 3.66. The van der Waals surface area contributed by atoms with Crippen molar-refractivity contribution in [2.45, 2.75) is 65.5 Å². The van der Waals surface area contributed by atoms with Crippen molar-refractivity contribution in [2.75, 3.05) is 13.7 Å². The van der Waals surface area contributed by atoms with Crippen molar-refractivity contribution in [3.63, 3.8) is 0 Å². The Hall–Kier alpha value is -0.760. The zero-order valence-electron chi connectivity index (χ0n) is 14.9. The van der Waals surface area contributed by atoms with Crippen molar-refractivity contribution >= 4 is 12.2 Å². The highest BCUT2D eigenvalue weighted by Crippen LogP contribution is 2.45. The Kier molecular flexibility index (Phi) is 5.99. The molecule has 1 saturated carbocycles. The molecule has 1 aliphatic rings. The summed E-state index contributed by atoms with van der Waals surface area (Å²) in [7, 11) is 3.94. The second kappa shape index (κ2) is 7.42. The van der Waals surface area contributed by atoms with Crippen LogP contribution in [0.3, 0.4) is 0 Å². The van der Waals surface area contributed by atoms with Crippen LogP contribution in [0.15, 0.2) is 0 Å². The summed E-state index contributed by atoms with van der Waals surface area (Å²) in [5, 5.41) is 13.7. The van der Waals surface area contributed by atoms with Crippen LogP contribution in [0.25, 0.3) is 0 Å². The first-order valence-electron chi connectivity index (χ1n) is 8.38. The maximum Gasteiger partial charge on any atom is 0.198 e. The van der Waals surface area contributed by atoms with Crippen LogP contribution in [-0.4, -0.2) is 50.2 Å². The maximum absolute atomic E-state index is 9.30. The molecule has 0 aromatic carbocycles. The summed E-state index contributed by atoms with van der Waals surface area (Å²) in [5.41, 5.74) is 0.124. The Bertz CT molecular complexity index is 581. The van der Waals surface area contributed by atoms with E-state index < -0.39 is 0 Å². The number of hydrogen-bond donors (Lipinski definition) is 1. The summed E-state index contributed by atoms with van der Waals surface area (Å²) in [6.45, 7) is 8.10. The molecule has 0 amide bonds. The van der Waals surface area contributed by atoms with Gasteiger partial charge < -0.3 is 14.4 Å². The molecule has 0 bridgehead atoms. The molecule has 1 N–H and O–H groups in total. The fourth-order valence-electron chi connectivity index (χ4n) is 3.34. The largest absolute Gasteiger partial charge is 0.388 e. The highest BCUT2D eigenvalue weighted by molar-refractivity contribution is 7.71. The van der Waals surface area contributed by atoms with Crippen LogP contribution in [0.5, 0.6) is 0 Å². The lowest BCUT2D eigenvalue weighted by Crippen LogP contribution is -2.61. The van der Waals surface area contributed by atoms with Crippen molar-refractivity contribution < 1.29 is 9.84 Å². The zero-order chi connectivity index (χ0) is 17.2. The highest BCUT2D eigenvalue weighted by atomic mass is 32.1. The smallest absolute Gasteiger partial charge is 0.198 e. The molecule has 0 saturated heterocycles. The summed E-state index contributed by atoms with van der Waals surface area (Å²) in [4.78, 5) is 2.28. The van der Waals surface area contributed by atoms with Gasteiger partial charge >= 0.3 is 0 Å². The van der Waals surface area contributed by atoms with Crippen molar-refractivity contribution in [1.82, 2.24) is 19.2 Å². The van der Waals surface area contributed by atoms with Crippen molar-refractivity contribution in [2.24, 2.45) is 12.5 Å². The molecule has 6 nitrogen and oxygen atoms in total. The van der Waals surface area contributed by atoms with E-state index in [1.807, 2.05) is 7.05 Å². The molecule has 0 radical (unpaired) electrons. The van der Waals surface area contributed by atoms with E-state index in [1.54, 1.807) is 9.25 Å². The number of aromatic nitrogens is 3. The van der Waals surface area contributed by atoms with Gasteiger partial charge in [-0.05, 0) is 32.1 Å². The predicted octanol–water partition coefficient (Wildman–Crippen LogP) is 2.32. The van der Waals surface area contributed by atoms with Gasteiger partial charge in [-0.15, -0.1) is 0 Å². The quantitative estimate of drug-likeness (QED) is 0.580. The van der Waals surface area contributed by atoms with E-state index in [2.05, 4.69) is 37.8 Å². The first-order valence-corrected chi connectivity index (χ1v) is 8.79. The minimum absolute atomic E-state index is 0.0981. The molecule has 2 rings (SSSR count). The molecule has 1 aromatic heterocycles. The number of hydrogen-bond acceptors (Lipinski definition) is 5. The first kappa shape index (κ1) is 18.6. The van der Waals surface area contributed by atoms with E-state index >= 15 is 0 Å². The standard InChI is InChI=1S/C16H30N4O2S/c1-6-7-8-22-13-9-12(16(13,2)3)18(4)11-20-15(23)19(5)14(10-21)17-20/h12-13,21H,6-11H2,1-5H3. The van der Waals surface area contributed by atoms with Gasteiger partial charge in [0.25, 0.3) is 0 Å². The van der Waals surface area contributed by atoms with E-state index in [0.717, 1.165) is 19.4 Å². The molecule has 2 unspecified atom stereocenters. The Morgan fingerprint density at radius 2 is 2.17 bits per heavy atom. The van der Waals surface area contributed by atoms with Crippen molar-refractivity contribution in [1.29, 1.82) is 0 Å². The van der Waals surface area contributed by atoms with Gasteiger partial charge in [0.05, 0.1) is 12.8 Å². The average molecular weight is 343 g/mol. The number of aliphatic hydroxyl groups excluding tert-OH is 1. The van der Waals surface area contributed by atoms with Crippen LogP contribution < -0.4 is 0 Å². The zero-order valence-corrected chi connectivity index (χ0v) is 15.8. The third-order valence-electron chi connectivity index (χ3n) is 5.10. The van der Waals surface area contributed by atoms with Crippen LogP contribution in [0, 0.1) is 10.2 Å². The lowest BCUT2D eigenvalue weighted by atomic mass is 9.64. The second-order valence-electron chi connectivity index (χ2n) is 7.10. The summed E-state index contributed by atoms with van der Waals surface area (Å²) < 4.78 is 10.2. The molecular formula is C16H30N4O2S. The molecule has 1 aliphatic carbocycles. The van der Waals surface area contributed by atoms with Crippen LogP contribution in [0.1, 0.15) is 45.9 Å². The maximum atomic E-state index is 9.30. The minimum Gasteiger partial charge on any atom is -0.388 e. The van der Waals surface area contributed by atoms with Crippen LogP contribution in [0.2, 0.25) is 0 Å². The molecule has 1 fully saturated rings. The number of ether oxygens (including phenoxy) is 1. The molecule has 7 heteroatoms. The predicted molar refractivity (Wildman–Crippen MR) is 92.6 cm³/mol.